The molecular formula is C17H29FN2. The molecule has 0 saturated heterocycles. The first-order chi connectivity index (χ1) is 9.41. The van der Waals surface area contributed by atoms with Crippen LogP contribution in [-0.4, -0.2) is 20.1 Å². The highest BCUT2D eigenvalue weighted by atomic mass is 19.1. The van der Waals surface area contributed by atoms with Crippen molar-refractivity contribution in [2.75, 3.05) is 25.0 Å². The van der Waals surface area contributed by atoms with Crippen LogP contribution in [0.1, 0.15) is 39.7 Å². The van der Waals surface area contributed by atoms with Gasteiger partial charge in [0.1, 0.15) is 5.82 Å². The van der Waals surface area contributed by atoms with Crippen molar-refractivity contribution in [3.05, 3.63) is 29.6 Å². The molecule has 0 fully saturated rings. The predicted octanol–water partition coefficient (Wildman–Crippen LogP) is 4.05. The normalized spacial score (nSPS) is 11.4. The third-order valence-electron chi connectivity index (χ3n) is 3.40. The van der Waals surface area contributed by atoms with Crippen LogP contribution in [-0.2, 0) is 6.54 Å². The molecule has 2 nitrogen and oxygen atoms in total. The molecule has 0 aliphatic rings. The molecule has 1 rings (SSSR count). The number of nitrogens with zero attached hydrogens (tertiary/aromatic N) is 1. The smallest absolute Gasteiger partial charge is 0.129 e. The zero-order valence-corrected chi connectivity index (χ0v) is 13.5. The SMILES string of the molecule is CC(C)CCN(C)c1cccc(F)c1CNCC(C)C. The van der Waals surface area contributed by atoms with E-state index in [1.54, 1.807) is 12.1 Å². The van der Waals surface area contributed by atoms with Gasteiger partial charge in [-0.15, -0.1) is 0 Å². The molecule has 0 aromatic heterocycles. The molecule has 0 saturated carbocycles. The maximum Gasteiger partial charge on any atom is 0.129 e. The maximum atomic E-state index is 14.1. The summed E-state index contributed by atoms with van der Waals surface area (Å²) >= 11 is 0. The van der Waals surface area contributed by atoms with Crippen LogP contribution in [0.25, 0.3) is 0 Å². The summed E-state index contributed by atoms with van der Waals surface area (Å²) in [6, 6.07) is 5.35. The Balaban J connectivity index is 2.76. The van der Waals surface area contributed by atoms with Crippen molar-refractivity contribution in [2.24, 2.45) is 11.8 Å². The van der Waals surface area contributed by atoms with Gasteiger partial charge in [0.15, 0.2) is 0 Å². The minimum atomic E-state index is -0.116. The van der Waals surface area contributed by atoms with E-state index < -0.39 is 0 Å². The van der Waals surface area contributed by atoms with E-state index in [1.165, 1.54) is 0 Å². The Kier molecular flexibility index (Phi) is 7.00. The van der Waals surface area contributed by atoms with E-state index in [1.807, 2.05) is 13.1 Å². The molecule has 0 radical (unpaired) electrons. The van der Waals surface area contributed by atoms with Gasteiger partial charge < -0.3 is 10.2 Å². The highest BCUT2D eigenvalue weighted by Gasteiger charge is 2.12. The van der Waals surface area contributed by atoms with E-state index in [9.17, 15) is 4.39 Å². The fourth-order valence-electron chi connectivity index (χ4n) is 2.14. The first-order valence-corrected chi connectivity index (χ1v) is 7.61. The summed E-state index contributed by atoms with van der Waals surface area (Å²) in [4.78, 5) is 2.16. The van der Waals surface area contributed by atoms with Gasteiger partial charge in [-0.25, -0.2) is 4.39 Å². The fourth-order valence-corrected chi connectivity index (χ4v) is 2.14. The second-order valence-electron chi connectivity index (χ2n) is 6.37. The lowest BCUT2D eigenvalue weighted by Gasteiger charge is -2.24. The molecule has 3 heteroatoms. The number of hydrogen-bond acceptors (Lipinski definition) is 2. The number of nitrogens with one attached hydrogen (secondary N) is 1. The molecule has 0 aliphatic carbocycles. The van der Waals surface area contributed by atoms with Crippen LogP contribution in [0.15, 0.2) is 18.2 Å². The van der Waals surface area contributed by atoms with Crippen LogP contribution >= 0.6 is 0 Å². The quantitative estimate of drug-likeness (QED) is 0.772. The molecule has 114 valence electrons. The number of hydrogen-bond donors (Lipinski definition) is 1. The third-order valence-corrected chi connectivity index (χ3v) is 3.40. The Morgan fingerprint density at radius 3 is 2.45 bits per heavy atom. The maximum absolute atomic E-state index is 14.1. The van der Waals surface area contributed by atoms with Gasteiger partial charge in [-0.05, 0) is 36.9 Å². The first-order valence-electron chi connectivity index (χ1n) is 7.61. The van der Waals surface area contributed by atoms with E-state index in [0.29, 0.717) is 18.4 Å². The van der Waals surface area contributed by atoms with Crippen molar-refractivity contribution in [3.63, 3.8) is 0 Å². The molecule has 0 unspecified atom stereocenters. The molecular weight excluding hydrogens is 251 g/mol. The Morgan fingerprint density at radius 1 is 1.15 bits per heavy atom. The van der Waals surface area contributed by atoms with E-state index >= 15 is 0 Å². The Morgan fingerprint density at radius 2 is 1.85 bits per heavy atom. The average molecular weight is 280 g/mol. The minimum Gasteiger partial charge on any atom is -0.374 e. The summed E-state index contributed by atoms with van der Waals surface area (Å²) in [5.74, 6) is 1.12. The highest BCUT2D eigenvalue weighted by molar-refractivity contribution is 5.53. The monoisotopic (exact) mass is 280 g/mol. The topological polar surface area (TPSA) is 15.3 Å². The third kappa shape index (κ3) is 5.49. The fraction of sp³-hybridized carbons (Fsp3) is 0.647. The number of anilines is 1. The van der Waals surface area contributed by atoms with Crippen LogP contribution in [0.4, 0.5) is 10.1 Å². The molecule has 0 bridgehead atoms. The van der Waals surface area contributed by atoms with Gasteiger partial charge in [-0.3, -0.25) is 0 Å². The highest BCUT2D eigenvalue weighted by Crippen LogP contribution is 2.23. The van der Waals surface area contributed by atoms with Crippen molar-refractivity contribution in [1.82, 2.24) is 5.32 Å². The van der Waals surface area contributed by atoms with Gasteiger partial charge in [0, 0.05) is 31.4 Å². The molecule has 1 aromatic carbocycles. The molecule has 0 amide bonds. The first kappa shape index (κ1) is 17.0. The van der Waals surface area contributed by atoms with Crippen LogP contribution in [0.3, 0.4) is 0 Å². The standard InChI is InChI=1S/C17H29FN2/c1-13(2)9-10-20(5)17-8-6-7-16(18)15(17)12-19-11-14(3)4/h6-8,13-14,19H,9-12H2,1-5H3. The largest absolute Gasteiger partial charge is 0.374 e. The van der Waals surface area contributed by atoms with Crippen molar-refractivity contribution in [1.29, 1.82) is 0 Å². The average Bonchev–Trinajstić information content (AvgIpc) is 2.37. The zero-order valence-electron chi connectivity index (χ0n) is 13.5. The molecule has 0 aliphatic heterocycles. The number of halogens is 1. The molecule has 0 heterocycles. The summed E-state index contributed by atoms with van der Waals surface area (Å²) in [7, 11) is 2.04. The van der Waals surface area contributed by atoms with E-state index in [-0.39, 0.29) is 5.82 Å². The van der Waals surface area contributed by atoms with E-state index in [0.717, 1.165) is 30.8 Å². The van der Waals surface area contributed by atoms with Crippen molar-refractivity contribution in [2.45, 2.75) is 40.7 Å². The van der Waals surface area contributed by atoms with Gasteiger partial charge in [0.2, 0.25) is 0 Å². The van der Waals surface area contributed by atoms with Gasteiger partial charge in [0.25, 0.3) is 0 Å². The summed E-state index contributed by atoms with van der Waals surface area (Å²) < 4.78 is 14.1. The second-order valence-corrected chi connectivity index (χ2v) is 6.37. The van der Waals surface area contributed by atoms with Crippen molar-refractivity contribution in [3.8, 4) is 0 Å². The number of rotatable bonds is 8. The predicted molar refractivity (Wildman–Crippen MR) is 85.7 cm³/mol. The summed E-state index contributed by atoms with van der Waals surface area (Å²) in [6.07, 6.45) is 1.12. The Labute approximate surface area is 123 Å². The Hall–Kier alpha value is -1.09. The van der Waals surface area contributed by atoms with Crippen LogP contribution in [0.5, 0.6) is 0 Å². The lowest BCUT2D eigenvalue weighted by molar-refractivity contribution is 0.533. The second kappa shape index (κ2) is 8.25. The van der Waals surface area contributed by atoms with Crippen LogP contribution in [0.2, 0.25) is 0 Å². The minimum absolute atomic E-state index is 0.116. The molecule has 0 spiro atoms. The van der Waals surface area contributed by atoms with Gasteiger partial charge in [0.05, 0.1) is 0 Å². The summed E-state index contributed by atoms with van der Waals surface area (Å²) in [5.41, 5.74) is 1.78. The van der Waals surface area contributed by atoms with Gasteiger partial charge in [-0.2, -0.15) is 0 Å². The summed E-state index contributed by atoms with van der Waals surface area (Å²) in [6.45, 7) is 11.2. The molecule has 1 aromatic rings. The molecule has 0 atom stereocenters. The summed E-state index contributed by atoms with van der Waals surface area (Å²) in [5, 5.41) is 3.34. The van der Waals surface area contributed by atoms with Gasteiger partial charge >= 0.3 is 0 Å². The lowest BCUT2D eigenvalue weighted by atomic mass is 10.1. The van der Waals surface area contributed by atoms with Crippen molar-refractivity contribution < 1.29 is 4.39 Å². The zero-order chi connectivity index (χ0) is 15.1. The molecule has 1 N–H and O–H groups in total. The van der Waals surface area contributed by atoms with Gasteiger partial charge in [-0.1, -0.05) is 33.8 Å². The van der Waals surface area contributed by atoms with Crippen LogP contribution in [0, 0.1) is 17.7 Å². The Bertz CT molecular complexity index is 402. The van der Waals surface area contributed by atoms with E-state index in [4.69, 9.17) is 0 Å². The lowest BCUT2D eigenvalue weighted by Crippen LogP contribution is -2.25. The van der Waals surface area contributed by atoms with Crippen LogP contribution < -0.4 is 10.2 Å². The molecule has 20 heavy (non-hydrogen) atoms. The number of benzene rings is 1. The van der Waals surface area contributed by atoms with Crippen molar-refractivity contribution >= 4 is 5.69 Å². The van der Waals surface area contributed by atoms with E-state index in [2.05, 4.69) is 37.9 Å².